The van der Waals surface area contributed by atoms with Gasteiger partial charge in [0.15, 0.2) is 0 Å². The molecule has 5 rings (SSSR count). The van der Waals surface area contributed by atoms with E-state index in [-0.39, 0.29) is 11.5 Å². The summed E-state index contributed by atoms with van der Waals surface area (Å²) in [6, 6.07) is 8.48. The fourth-order valence-electron chi connectivity index (χ4n) is 5.27. The molecule has 0 saturated heterocycles. The van der Waals surface area contributed by atoms with Crippen molar-refractivity contribution in [2.24, 2.45) is 0 Å². The summed E-state index contributed by atoms with van der Waals surface area (Å²) in [4.78, 5) is 7.08. The van der Waals surface area contributed by atoms with Crippen LogP contribution in [0, 0.1) is 6.92 Å². The van der Waals surface area contributed by atoms with Crippen LogP contribution in [-0.2, 0) is 12.0 Å². The van der Waals surface area contributed by atoms with Crippen molar-refractivity contribution in [3.63, 3.8) is 0 Å². The third-order valence-corrected chi connectivity index (χ3v) is 10.0. The molecule has 1 spiro atoms. The van der Waals surface area contributed by atoms with Gasteiger partial charge in [0.1, 0.15) is 13.9 Å². The number of aliphatic hydroxyl groups excluding tert-OH is 1. The maximum absolute atomic E-state index is 11.2. The van der Waals surface area contributed by atoms with Crippen LogP contribution in [-0.4, -0.2) is 45.8 Å². The number of rotatable bonds is 4. The first kappa shape index (κ1) is 23.0. The zero-order valence-electron chi connectivity index (χ0n) is 19.4. The largest absolute Gasteiger partial charge is 0.391 e. The van der Waals surface area contributed by atoms with Crippen LogP contribution in [0.5, 0.6) is 0 Å². The molecule has 33 heavy (non-hydrogen) atoms. The first-order chi connectivity index (χ1) is 15.6. The highest BCUT2D eigenvalue weighted by Gasteiger charge is 2.54. The Labute approximate surface area is 209 Å². The predicted molar refractivity (Wildman–Crippen MR) is 138 cm³/mol. The van der Waals surface area contributed by atoms with Gasteiger partial charge in [-0.3, -0.25) is 0 Å². The number of anilines is 1. The molecule has 174 valence electrons. The zero-order chi connectivity index (χ0) is 23.5. The van der Waals surface area contributed by atoms with E-state index in [2.05, 4.69) is 82.0 Å². The second-order valence-corrected chi connectivity index (χ2v) is 16.9. The minimum absolute atomic E-state index is 0.134. The first-order valence-corrected chi connectivity index (χ1v) is 16.0. The standard InChI is InChI=1S/C24H29BrClN5OSi/c1-15-5-7-16(8-6-15)12-30-14-24(21-22(26)17(25)11-27-23(21)30)9-18(19(32)10-24)31-13-20(28-29-31)33(2,3)4/h5-8,11,13,18-19,32H,9-10,12,14H2,1-4H3/t18-,19-,24+/m1/s1. The van der Waals surface area contributed by atoms with Crippen LogP contribution < -0.4 is 10.2 Å². The van der Waals surface area contributed by atoms with Crippen molar-refractivity contribution >= 4 is 46.7 Å². The van der Waals surface area contributed by atoms with Crippen LogP contribution in [0.1, 0.15) is 35.6 Å². The third kappa shape index (κ3) is 4.05. The number of nitrogens with zero attached hydrogens (tertiary/aromatic N) is 5. The molecule has 2 aliphatic rings. The molecule has 3 aromatic rings. The minimum Gasteiger partial charge on any atom is -0.391 e. The van der Waals surface area contributed by atoms with Gasteiger partial charge in [-0.25, -0.2) is 9.67 Å². The van der Waals surface area contributed by atoms with Gasteiger partial charge < -0.3 is 10.0 Å². The Morgan fingerprint density at radius 3 is 2.61 bits per heavy atom. The van der Waals surface area contributed by atoms with Crippen LogP contribution >= 0.6 is 27.5 Å². The Morgan fingerprint density at radius 1 is 1.21 bits per heavy atom. The van der Waals surface area contributed by atoms with Gasteiger partial charge in [-0.2, -0.15) is 0 Å². The lowest BCUT2D eigenvalue weighted by Crippen LogP contribution is -2.38. The highest BCUT2D eigenvalue weighted by atomic mass is 79.9. The molecular formula is C24H29BrClN5OSi. The number of fused-ring (bicyclic) bond motifs is 2. The van der Waals surface area contributed by atoms with Gasteiger partial charge in [0, 0.05) is 36.5 Å². The van der Waals surface area contributed by atoms with Crippen LogP contribution in [0.3, 0.4) is 0 Å². The highest BCUT2D eigenvalue weighted by Crippen LogP contribution is 2.56. The van der Waals surface area contributed by atoms with Crippen molar-refractivity contribution in [2.75, 3.05) is 11.4 Å². The molecule has 1 aliphatic heterocycles. The molecule has 1 N–H and O–H groups in total. The highest BCUT2D eigenvalue weighted by molar-refractivity contribution is 9.10. The Kier molecular flexibility index (Phi) is 5.71. The predicted octanol–water partition coefficient (Wildman–Crippen LogP) is 4.60. The summed E-state index contributed by atoms with van der Waals surface area (Å²) in [7, 11) is -1.58. The summed E-state index contributed by atoms with van der Waals surface area (Å²) in [6.07, 6.45) is 4.67. The average Bonchev–Trinajstić information content (AvgIpc) is 3.43. The van der Waals surface area contributed by atoms with Gasteiger partial charge in [0.2, 0.25) is 0 Å². The molecule has 1 aliphatic carbocycles. The molecular weight excluding hydrogens is 518 g/mol. The molecule has 0 radical (unpaired) electrons. The van der Waals surface area contributed by atoms with E-state index in [0.29, 0.717) is 11.4 Å². The molecule has 9 heteroatoms. The van der Waals surface area contributed by atoms with Gasteiger partial charge in [0.05, 0.1) is 27.0 Å². The summed E-state index contributed by atoms with van der Waals surface area (Å²) in [5.41, 5.74) is 3.23. The summed E-state index contributed by atoms with van der Waals surface area (Å²) in [5.74, 6) is 0.915. The quantitative estimate of drug-likeness (QED) is 0.485. The molecule has 3 atom stereocenters. The molecule has 6 nitrogen and oxygen atoms in total. The lowest BCUT2D eigenvalue weighted by molar-refractivity contribution is 0.127. The van der Waals surface area contributed by atoms with E-state index in [9.17, 15) is 5.11 Å². The van der Waals surface area contributed by atoms with E-state index in [0.717, 1.165) is 40.7 Å². The van der Waals surface area contributed by atoms with Crippen LogP contribution in [0.2, 0.25) is 24.7 Å². The van der Waals surface area contributed by atoms with Gasteiger partial charge >= 0.3 is 0 Å². The van der Waals surface area contributed by atoms with Crippen LogP contribution in [0.4, 0.5) is 5.82 Å². The lowest BCUT2D eigenvalue weighted by atomic mass is 9.81. The minimum atomic E-state index is -1.58. The number of hydrogen-bond donors (Lipinski definition) is 1. The maximum Gasteiger partial charge on any atom is 0.134 e. The third-order valence-electron chi connectivity index (χ3n) is 7.03. The number of halogens is 2. The van der Waals surface area contributed by atoms with Gasteiger partial charge in [-0.05, 0) is 41.3 Å². The Hall–Kier alpha value is -1.74. The van der Waals surface area contributed by atoms with Gasteiger partial charge in [-0.15, -0.1) is 5.10 Å². The summed E-state index contributed by atoms with van der Waals surface area (Å²) in [5, 5.41) is 21.8. The SMILES string of the molecule is Cc1ccc(CN2C[C@]3(C[C@@H](O)[C@H](n4cc([Si](C)(C)C)nn4)C3)c3c2ncc(Br)c3Cl)cc1. The zero-order valence-corrected chi connectivity index (χ0v) is 22.7. The maximum atomic E-state index is 11.2. The van der Waals surface area contributed by atoms with Crippen molar-refractivity contribution in [3.8, 4) is 0 Å². The second kappa shape index (κ2) is 8.18. The number of aliphatic hydroxyl groups is 1. The summed E-state index contributed by atoms with van der Waals surface area (Å²) < 4.78 is 2.67. The van der Waals surface area contributed by atoms with Crippen LogP contribution in [0.25, 0.3) is 0 Å². The number of pyridine rings is 1. The van der Waals surface area contributed by atoms with Gasteiger partial charge in [0.25, 0.3) is 0 Å². The molecule has 0 unspecified atom stereocenters. The smallest absolute Gasteiger partial charge is 0.134 e. The van der Waals surface area contributed by atoms with Crippen LogP contribution in [0.15, 0.2) is 41.1 Å². The molecule has 1 fully saturated rings. The van der Waals surface area contributed by atoms with Crippen molar-refractivity contribution in [1.82, 2.24) is 20.0 Å². The number of aryl methyl sites for hydroxylation is 1. The number of benzene rings is 1. The molecule has 0 amide bonds. The van der Waals surface area contributed by atoms with Crippen molar-refractivity contribution < 1.29 is 5.11 Å². The van der Waals surface area contributed by atoms with Crippen molar-refractivity contribution in [1.29, 1.82) is 0 Å². The molecule has 1 saturated carbocycles. The molecule has 3 heterocycles. The van der Waals surface area contributed by atoms with E-state index < -0.39 is 14.2 Å². The molecule has 2 aromatic heterocycles. The summed E-state index contributed by atoms with van der Waals surface area (Å²) >= 11 is 10.5. The lowest BCUT2D eigenvalue weighted by Gasteiger charge is -2.26. The average molecular weight is 547 g/mol. The first-order valence-electron chi connectivity index (χ1n) is 11.3. The topological polar surface area (TPSA) is 67.1 Å². The van der Waals surface area contributed by atoms with E-state index >= 15 is 0 Å². The molecule has 1 aromatic carbocycles. The fourth-order valence-corrected chi connectivity index (χ4v) is 6.77. The van der Waals surface area contributed by atoms with Crippen molar-refractivity contribution in [3.05, 3.63) is 62.8 Å². The second-order valence-electron chi connectivity index (χ2n) is 10.6. The monoisotopic (exact) mass is 545 g/mol. The van der Waals surface area contributed by atoms with E-state index in [1.807, 2.05) is 10.9 Å². The normalized spacial score (nSPS) is 24.6. The fraction of sp³-hybridized carbons (Fsp3) is 0.458. The number of hydrogen-bond acceptors (Lipinski definition) is 5. The van der Waals surface area contributed by atoms with E-state index in [4.69, 9.17) is 16.6 Å². The summed E-state index contributed by atoms with van der Waals surface area (Å²) in [6.45, 7) is 10.4. The Balaban J connectivity index is 1.51. The van der Waals surface area contributed by atoms with E-state index in [1.165, 1.54) is 11.1 Å². The Morgan fingerprint density at radius 2 is 1.94 bits per heavy atom. The van der Waals surface area contributed by atoms with Crippen molar-refractivity contribution in [2.45, 2.75) is 63.5 Å². The number of aromatic nitrogens is 4. The van der Waals surface area contributed by atoms with E-state index in [1.54, 1.807) is 6.20 Å². The Bertz CT molecular complexity index is 1190. The van der Waals surface area contributed by atoms with Gasteiger partial charge in [-0.1, -0.05) is 66.3 Å². The molecule has 0 bridgehead atoms.